The number of aryl methyl sites for hydroxylation is 1. The van der Waals surface area contributed by atoms with Crippen molar-refractivity contribution in [2.45, 2.75) is 6.92 Å². The van der Waals surface area contributed by atoms with E-state index < -0.39 is 10.8 Å². The first kappa shape index (κ1) is 15.0. The lowest BCUT2D eigenvalue weighted by molar-refractivity contribution is -0.384. The van der Waals surface area contributed by atoms with Gasteiger partial charge in [-0.3, -0.25) is 14.9 Å². The van der Waals surface area contributed by atoms with Gasteiger partial charge in [-0.25, -0.2) is 0 Å². The van der Waals surface area contributed by atoms with Crippen LogP contribution in [0.15, 0.2) is 40.3 Å². The lowest BCUT2D eigenvalue weighted by Gasteiger charge is -2.01. The fraction of sp³-hybridized carbons (Fsp3) is 0.0667. The van der Waals surface area contributed by atoms with Gasteiger partial charge in [-0.15, -0.1) is 0 Å². The maximum Gasteiger partial charge on any atom is 0.280 e. The standard InChI is InChI=1S/C15H11N3O4/c1-9-2-4-12(13(6-9)18(20)21)14-5-3-11(22-14)7-10(8-16)15(17)19/h2-7H,1H3,(H2,17,19)/b10-7+. The molecule has 7 heteroatoms. The van der Waals surface area contributed by atoms with Gasteiger partial charge >= 0.3 is 0 Å². The van der Waals surface area contributed by atoms with E-state index in [1.54, 1.807) is 25.1 Å². The van der Waals surface area contributed by atoms with Crippen molar-refractivity contribution in [1.29, 1.82) is 5.26 Å². The highest BCUT2D eigenvalue weighted by Crippen LogP contribution is 2.32. The topological polar surface area (TPSA) is 123 Å². The summed E-state index contributed by atoms with van der Waals surface area (Å²) in [6, 6.07) is 9.43. The number of nitro benzene ring substituents is 1. The van der Waals surface area contributed by atoms with Crippen LogP contribution in [-0.4, -0.2) is 10.8 Å². The van der Waals surface area contributed by atoms with Crippen molar-refractivity contribution < 1.29 is 14.1 Å². The third-order valence-electron chi connectivity index (χ3n) is 2.91. The number of nitro groups is 1. The highest BCUT2D eigenvalue weighted by Gasteiger charge is 2.18. The molecular weight excluding hydrogens is 286 g/mol. The van der Waals surface area contributed by atoms with Crippen molar-refractivity contribution in [3.8, 4) is 17.4 Å². The van der Waals surface area contributed by atoms with Crippen LogP contribution in [0.1, 0.15) is 11.3 Å². The Balaban J connectivity index is 2.48. The van der Waals surface area contributed by atoms with Crippen LogP contribution in [0, 0.1) is 28.4 Å². The molecule has 1 aromatic heterocycles. The Hall–Kier alpha value is -3.40. The Bertz CT molecular complexity index is 828. The second-order valence-corrected chi connectivity index (χ2v) is 4.51. The van der Waals surface area contributed by atoms with Gasteiger partial charge in [0.15, 0.2) is 0 Å². The van der Waals surface area contributed by atoms with E-state index in [0.717, 1.165) is 5.56 Å². The van der Waals surface area contributed by atoms with E-state index in [0.29, 0.717) is 5.56 Å². The van der Waals surface area contributed by atoms with Crippen LogP contribution in [0.3, 0.4) is 0 Å². The number of nitrogens with two attached hydrogens (primary N) is 1. The van der Waals surface area contributed by atoms with Gasteiger partial charge in [0.25, 0.3) is 11.6 Å². The second kappa shape index (κ2) is 5.93. The number of benzene rings is 1. The summed E-state index contributed by atoms with van der Waals surface area (Å²) in [5.74, 6) is -0.401. The van der Waals surface area contributed by atoms with Crippen molar-refractivity contribution in [3.63, 3.8) is 0 Å². The van der Waals surface area contributed by atoms with E-state index in [1.165, 1.54) is 24.3 Å². The maximum absolute atomic E-state index is 11.1. The van der Waals surface area contributed by atoms with E-state index in [9.17, 15) is 14.9 Å². The molecule has 0 unspecified atom stereocenters. The zero-order valence-electron chi connectivity index (χ0n) is 11.6. The first-order valence-electron chi connectivity index (χ1n) is 6.19. The Labute approximate surface area is 125 Å². The molecule has 1 heterocycles. The first-order chi connectivity index (χ1) is 10.4. The van der Waals surface area contributed by atoms with Gasteiger partial charge in [0, 0.05) is 12.1 Å². The third kappa shape index (κ3) is 3.02. The quantitative estimate of drug-likeness (QED) is 0.402. The van der Waals surface area contributed by atoms with Crippen LogP contribution < -0.4 is 5.73 Å². The molecule has 7 nitrogen and oxygen atoms in total. The Morgan fingerprint density at radius 1 is 1.41 bits per heavy atom. The minimum absolute atomic E-state index is 0.0831. The van der Waals surface area contributed by atoms with Gasteiger partial charge in [-0.05, 0) is 30.7 Å². The normalized spacial score (nSPS) is 11.0. The van der Waals surface area contributed by atoms with Gasteiger partial charge < -0.3 is 10.2 Å². The lowest BCUT2D eigenvalue weighted by Crippen LogP contribution is -2.12. The SMILES string of the molecule is Cc1ccc(-c2ccc(/C=C(\C#N)C(N)=O)o2)c([N+](=O)[O-])c1. The molecule has 0 aliphatic rings. The summed E-state index contributed by atoms with van der Waals surface area (Å²) < 4.78 is 5.44. The van der Waals surface area contributed by atoms with Gasteiger partial charge in [0.1, 0.15) is 23.2 Å². The van der Waals surface area contributed by atoms with Gasteiger partial charge in [0.2, 0.25) is 0 Å². The highest BCUT2D eigenvalue weighted by molar-refractivity contribution is 6.00. The maximum atomic E-state index is 11.1. The fourth-order valence-corrected chi connectivity index (χ4v) is 1.88. The largest absolute Gasteiger partial charge is 0.456 e. The number of carbonyl (C=O) groups is 1. The Kier molecular flexibility index (Phi) is 4.04. The molecule has 0 spiro atoms. The number of amides is 1. The number of nitrogens with zero attached hydrogens (tertiary/aromatic N) is 2. The number of hydrogen-bond donors (Lipinski definition) is 1. The molecule has 22 heavy (non-hydrogen) atoms. The monoisotopic (exact) mass is 297 g/mol. The smallest absolute Gasteiger partial charge is 0.280 e. The third-order valence-corrected chi connectivity index (χ3v) is 2.91. The number of rotatable bonds is 4. The van der Waals surface area contributed by atoms with Crippen LogP contribution in [0.2, 0.25) is 0 Å². The Morgan fingerprint density at radius 3 is 2.73 bits per heavy atom. The minimum atomic E-state index is -0.873. The number of nitriles is 1. The van der Waals surface area contributed by atoms with Crippen LogP contribution in [-0.2, 0) is 4.79 Å². The second-order valence-electron chi connectivity index (χ2n) is 4.51. The first-order valence-corrected chi connectivity index (χ1v) is 6.19. The van der Waals surface area contributed by atoms with Crippen LogP contribution in [0.5, 0.6) is 0 Å². The van der Waals surface area contributed by atoms with E-state index in [2.05, 4.69) is 0 Å². The zero-order chi connectivity index (χ0) is 16.3. The lowest BCUT2D eigenvalue weighted by atomic mass is 10.1. The van der Waals surface area contributed by atoms with Crippen molar-refractivity contribution in [1.82, 2.24) is 0 Å². The Morgan fingerprint density at radius 2 is 2.14 bits per heavy atom. The molecule has 0 radical (unpaired) electrons. The van der Waals surface area contributed by atoms with Crippen LogP contribution >= 0.6 is 0 Å². The predicted octanol–water partition coefficient (Wildman–Crippen LogP) is 2.56. The molecule has 0 saturated carbocycles. The van der Waals surface area contributed by atoms with Crippen LogP contribution in [0.4, 0.5) is 5.69 Å². The zero-order valence-corrected chi connectivity index (χ0v) is 11.6. The molecule has 0 fully saturated rings. The number of primary amides is 1. The van der Waals surface area contributed by atoms with E-state index in [1.807, 2.05) is 0 Å². The molecule has 2 rings (SSSR count). The molecule has 2 aromatic rings. The molecular formula is C15H11N3O4. The molecule has 0 bridgehead atoms. The number of furan rings is 1. The molecule has 0 atom stereocenters. The summed E-state index contributed by atoms with van der Waals surface area (Å²) >= 11 is 0. The van der Waals surface area contributed by atoms with Crippen molar-refractivity contribution in [2.24, 2.45) is 5.73 Å². The summed E-state index contributed by atoms with van der Waals surface area (Å²) in [5.41, 5.74) is 5.75. The summed E-state index contributed by atoms with van der Waals surface area (Å²) in [7, 11) is 0. The predicted molar refractivity (Wildman–Crippen MR) is 78.3 cm³/mol. The molecule has 0 aliphatic carbocycles. The van der Waals surface area contributed by atoms with E-state index in [-0.39, 0.29) is 22.8 Å². The van der Waals surface area contributed by atoms with E-state index >= 15 is 0 Å². The average Bonchev–Trinajstić information content (AvgIpc) is 2.92. The average molecular weight is 297 g/mol. The van der Waals surface area contributed by atoms with Crippen LogP contribution in [0.25, 0.3) is 17.4 Å². The van der Waals surface area contributed by atoms with Crippen molar-refractivity contribution in [3.05, 3.63) is 57.3 Å². The minimum Gasteiger partial charge on any atom is -0.456 e. The highest BCUT2D eigenvalue weighted by atomic mass is 16.6. The molecule has 0 saturated heterocycles. The van der Waals surface area contributed by atoms with E-state index in [4.69, 9.17) is 15.4 Å². The number of hydrogen-bond acceptors (Lipinski definition) is 5. The molecule has 1 aromatic carbocycles. The molecule has 0 aliphatic heterocycles. The summed E-state index contributed by atoms with van der Waals surface area (Å²) in [6.07, 6.45) is 1.19. The van der Waals surface area contributed by atoms with Gasteiger partial charge in [-0.2, -0.15) is 5.26 Å². The van der Waals surface area contributed by atoms with Gasteiger partial charge in [0.05, 0.1) is 10.5 Å². The van der Waals surface area contributed by atoms with Crippen molar-refractivity contribution >= 4 is 17.7 Å². The summed E-state index contributed by atoms with van der Waals surface area (Å²) in [5, 5.41) is 19.9. The summed E-state index contributed by atoms with van der Waals surface area (Å²) in [4.78, 5) is 21.6. The van der Waals surface area contributed by atoms with Gasteiger partial charge in [-0.1, -0.05) is 6.07 Å². The molecule has 110 valence electrons. The number of carbonyl (C=O) groups excluding carboxylic acids is 1. The molecule has 2 N–H and O–H groups in total. The fourth-order valence-electron chi connectivity index (χ4n) is 1.88. The van der Waals surface area contributed by atoms with Crippen molar-refractivity contribution in [2.75, 3.05) is 0 Å². The molecule has 1 amide bonds. The summed E-state index contributed by atoms with van der Waals surface area (Å²) in [6.45, 7) is 1.75.